The molecule has 0 radical (unpaired) electrons. The first-order valence-electron chi connectivity index (χ1n) is 11.0. The maximum atomic E-state index is 13.1. The number of alkyl halides is 3. The van der Waals surface area contributed by atoms with Gasteiger partial charge in [0.05, 0.1) is 29.0 Å². The number of aromatic nitrogens is 5. The highest BCUT2D eigenvalue weighted by molar-refractivity contribution is 5.79. The molecule has 8 nitrogen and oxygen atoms in total. The number of carbonyl (C=O) groups is 1. The van der Waals surface area contributed by atoms with Crippen molar-refractivity contribution in [2.45, 2.75) is 25.2 Å². The van der Waals surface area contributed by atoms with Gasteiger partial charge >= 0.3 is 6.18 Å². The van der Waals surface area contributed by atoms with Gasteiger partial charge in [-0.2, -0.15) is 13.2 Å². The fraction of sp³-hybridized carbons (Fsp3) is 0.160. The van der Waals surface area contributed by atoms with Crippen LogP contribution in [0.15, 0.2) is 77.6 Å². The predicted octanol–water partition coefficient (Wildman–Crippen LogP) is 3.98. The average Bonchev–Trinajstić information content (AvgIpc) is 3.32. The van der Waals surface area contributed by atoms with E-state index in [-0.39, 0.29) is 35.5 Å². The summed E-state index contributed by atoms with van der Waals surface area (Å²) in [7, 11) is 0. The molecule has 1 unspecified atom stereocenters. The normalized spacial score (nSPS) is 12.6. The van der Waals surface area contributed by atoms with Gasteiger partial charge in [0.15, 0.2) is 0 Å². The molecule has 11 heteroatoms. The van der Waals surface area contributed by atoms with E-state index in [1.165, 1.54) is 12.1 Å². The lowest BCUT2D eigenvalue weighted by atomic mass is 9.98. The topological polar surface area (TPSA) is 106 Å². The number of amides is 1. The van der Waals surface area contributed by atoms with Gasteiger partial charge in [0.2, 0.25) is 11.7 Å². The summed E-state index contributed by atoms with van der Waals surface area (Å²) < 4.78 is 40.4. The Morgan fingerprint density at radius 2 is 1.72 bits per heavy atom. The smallest absolute Gasteiger partial charge is 0.345 e. The van der Waals surface area contributed by atoms with Crippen molar-refractivity contribution in [3.05, 3.63) is 100 Å². The fourth-order valence-electron chi connectivity index (χ4n) is 3.96. The third kappa shape index (κ3) is 4.67. The fourth-order valence-corrected chi connectivity index (χ4v) is 3.96. The lowest BCUT2D eigenvalue weighted by molar-refractivity contribution is -0.144. The van der Waals surface area contributed by atoms with E-state index in [0.29, 0.717) is 16.5 Å². The van der Waals surface area contributed by atoms with Crippen molar-refractivity contribution in [1.29, 1.82) is 0 Å². The molecule has 0 fully saturated rings. The molecule has 1 amide bonds. The van der Waals surface area contributed by atoms with E-state index in [1.807, 2.05) is 18.2 Å². The minimum absolute atomic E-state index is 0.0124. The van der Waals surface area contributed by atoms with Crippen LogP contribution in [-0.2, 0) is 17.5 Å². The molecule has 0 aliphatic rings. The van der Waals surface area contributed by atoms with Crippen LogP contribution in [0.5, 0.6) is 0 Å². The summed E-state index contributed by atoms with van der Waals surface area (Å²) in [5, 5.41) is 11.2. The van der Waals surface area contributed by atoms with E-state index in [1.54, 1.807) is 42.5 Å². The van der Waals surface area contributed by atoms with E-state index in [2.05, 4.69) is 25.6 Å². The Bertz CT molecular complexity index is 1610. The minimum Gasteiger partial charge on any atom is -0.345 e. The largest absolute Gasteiger partial charge is 0.449 e. The maximum absolute atomic E-state index is 13.1. The van der Waals surface area contributed by atoms with Crippen LogP contribution in [0.2, 0.25) is 0 Å². The molecule has 0 aliphatic heterocycles. The Balaban J connectivity index is 1.39. The number of H-pyrrole nitrogens is 1. The Morgan fingerprint density at radius 3 is 2.50 bits per heavy atom. The Morgan fingerprint density at radius 1 is 0.972 bits per heavy atom. The third-order valence-corrected chi connectivity index (χ3v) is 5.73. The van der Waals surface area contributed by atoms with Gasteiger partial charge in [-0.15, -0.1) is 5.10 Å². The molecule has 2 N–H and O–H groups in total. The molecule has 182 valence electrons. The van der Waals surface area contributed by atoms with Crippen LogP contribution in [0, 0.1) is 0 Å². The number of halogens is 3. The van der Waals surface area contributed by atoms with Crippen molar-refractivity contribution in [3.63, 3.8) is 0 Å². The highest BCUT2D eigenvalue weighted by atomic mass is 19.4. The average molecular weight is 492 g/mol. The standard InChI is InChI=1S/C25H19F3N6O2/c26-25(27,28)24-29-19-11-10-16(14-20(19)30-24)22(15-6-2-1-3-7-15)31-21(35)12-13-34-23(36)17-8-4-5-9-18(17)32-33-34/h1-11,14,22H,12-13H2,(H,29,30)(H,31,35). The number of hydrogen-bond acceptors (Lipinski definition) is 5. The Labute approximate surface area is 201 Å². The number of carbonyl (C=O) groups excluding carboxylic acids is 1. The van der Waals surface area contributed by atoms with Gasteiger partial charge in [-0.1, -0.05) is 53.7 Å². The highest BCUT2D eigenvalue weighted by Crippen LogP contribution is 2.30. The van der Waals surface area contributed by atoms with E-state index >= 15 is 0 Å². The van der Waals surface area contributed by atoms with Crippen LogP contribution in [0.25, 0.3) is 21.9 Å². The SMILES string of the molecule is O=C(CCn1nnc2ccccc2c1=O)NC(c1ccccc1)c1ccc2nc(C(F)(F)F)[nH]c2c1. The zero-order chi connectivity index (χ0) is 25.3. The third-order valence-electron chi connectivity index (χ3n) is 5.73. The molecular formula is C25H19F3N6O2. The highest BCUT2D eigenvalue weighted by Gasteiger charge is 2.34. The van der Waals surface area contributed by atoms with Gasteiger partial charge in [0.25, 0.3) is 5.56 Å². The van der Waals surface area contributed by atoms with Crippen LogP contribution in [0.4, 0.5) is 13.2 Å². The molecule has 0 spiro atoms. The summed E-state index contributed by atoms with van der Waals surface area (Å²) in [6.45, 7) is 0.0124. The predicted molar refractivity (Wildman–Crippen MR) is 126 cm³/mol. The van der Waals surface area contributed by atoms with Crippen LogP contribution in [-0.4, -0.2) is 30.9 Å². The second kappa shape index (κ2) is 9.25. The van der Waals surface area contributed by atoms with Crippen LogP contribution in [0.3, 0.4) is 0 Å². The van der Waals surface area contributed by atoms with Gasteiger partial charge in [-0.25, -0.2) is 9.67 Å². The lowest BCUT2D eigenvalue weighted by Crippen LogP contribution is -2.32. The first-order valence-corrected chi connectivity index (χ1v) is 11.0. The lowest BCUT2D eigenvalue weighted by Gasteiger charge is -2.20. The van der Waals surface area contributed by atoms with Crippen molar-refractivity contribution in [3.8, 4) is 0 Å². The molecule has 0 bridgehead atoms. The van der Waals surface area contributed by atoms with Crippen LogP contribution < -0.4 is 10.9 Å². The van der Waals surface area contributed by atoms with Crippen molar-refractivity contribution < 1.29 is 18.0 Å². The summed E-state index contributed by atoms with van der Waals surface area (Å²) in [5.74, 6) is -1.46. The number of nitrogens with one attached hydrogen (secondary N) is 2. The Hall–Kier alpha value is -4.54. The van der Waals surface area contributed by atoms with E-state index in [9.17, 15) is 22.8 Å². The van der Waals surface area contributed by atoms with Crippen molar-refractivity contribution in [2.24, 2.45) is 0 Å². The van der Waals surface area contributed by atoms with Crippen molar-refractivity contribution >= 4 is 27.8 Å². The summed E-state index contributed by atoms with van der Waals surface area (Å²) in [4.78, 5) is 31.4. The first-order chi connectivity index (χ1) is 17.3. The molecule has 2 aromatic heterocycles. The molecular weight excluding hydrogens is 473 g/mol. The number of hydrogen-bond donors (Lipinski definition) is 2. The summed E-state index contributed by atoms with van der Waals surface area (Å²) in [5.41, 5.74) is 1.80. The van der Waals surface area contributed by atoms with E-state index in [4.69, 9.17) is 0 Å². The molecule has 0 saturated carbocycles. The first kappa shape index (κ1) is 23.2. The number of imidazole rings is 1. The minimum atomic E-state index is -4.60. The van der Waals surface area contributed by atoms with Gasteiger partial charge in [-0.3, -0.25) is 9.59 Å². The number of nitrogens with zero attached hydrogens (tertiary/aromatic N) is 4. The molecule has 3 aromatic carbocycles. The van der Waals surface area contributed by atoms with Crippen molar-refractivity contribution in [1.82, 2.24) is 30.3 Å². The molecule has 5 aromatic rings. The molecule has 1 atom stereocenters. The van der Waals surface area contributed by atoms with Gasteiger partial charge in [0, 0.05) is 6.42 Å². The second-order valence-corrected chi connectivity index (χ2v) is 8.16. The van der Waals surface area contributed by atoms with Gasteiger partial charge < -0.3 is 10.3 Å². The zero-order valence-electron chi connectivity index (χ0n) is 18.7. The van der Waals surface area contributed by atoms with Crippen molar-refractivity contribution in [2.75, 3.05) is 0 Å². The molecule has 5 rings (SSSR count). The van der Waals surface area contributed by atoms with Crippen LogP contribution >= 0.6 is 0 Å². The number of aryl methyl sites for hydroxylation is 1. The van der Waals surface area contributed by atoms with Gasteiger partial charge in [0.1, 0.15) is 5.52 Å². The maximum Gasteiger partial charge on any atom is 0.449 e. The molecule has 0 aliphatic carbocycles. The molecule has 0 saturated heterocycles. The summed E-state index contributed by atoms with van der Waals surface area (Å²) in [6, 6.07) is 19.8. The number of rotatable bonds is 6. The van der Waals surface area contributed by atoms with Gasteiger partial charge in [-0.05, 0) is 35.4 Å². The summed E-state index contributed by atoms with van der Waals surface area (Å²) >= 11 is 0. The summed E-state index contributed by atoms with van der Waals surface area (Å²) in [6.07, 6.45) is -4.66. The Kier molecular flexibility index (Phi) is 5.96. The van der Waals surface area contributed by atoms with E-state index in [0.717, 1.165) is 10.2 Å². The zero-order valence-corrected chi connectivity index (χ0v) is 18.7. The molecule has 2 heterocycles. The number of aromatic amines is 1. The number of fused-ring (bicyclic) bond motifs is 2. The van der Waals surface area contributed by atoms with Crippen LogP contribution in [0.1, 0.15) is 29.4 Å². The monoisotopic (exact) mass is 492 g/mol. The second-order valence-electron chi connectivity index (χ2n) is 8.16. The quantitative estimate of drug-likeness (QED) is 0.373. The molecule has 36 heavy (non-hydrogen) atoms. The number of benzene rings is 3. The van der Waals surface area contributed by atoms with E-state index < -0.39 is 18.0 Å².